The van der Waals surface area contributed by atoms with Crippen LogP contribution in [0.2, 0.25) is 0 Å². The minimum absolute atomic E-state index is 0. The second-order valence-electron chi connectivity index (χ2n) is 9.29. The Kier molecular flexibility index (Phi) is 13.6. The molecule has 0 saturated heterocycles. The van der Waals surface area contributed by atoms with Crippen LogP contribution in [0.5, 0.6) is 34.5 Å². The van der Waals surface area contributed by atoms with Crippen LogP contribution in [-0.2, 0) is 16.0 Å². The number of rotatable bonds is 16. The van der Waals surface area contributed by atoms with E-state index < -0.39 is 17.6 Å². The molecule has 0 aliphatic heterocycles. The fourth-order valence-electron chi connectivity index (χ4n) is 4.59. The zero-order chi connectivity index (χ0) is 30.8. The first-order valence-corrected chi connectivity index (χ1v) is 13.1. The molecule has 1 unspecified atom stereocenters. The average molecular weight is 626 g/mol. The molecular weight excluding hydrogens is 586 g/mol. The lowest BCUT2D eigenvalue weighted by Gasteiger charge is -2.25. The molecule has 43 heavy (non-hydrogen) atoms. The summed E-state index contributed by atoms with van der Waals surface area (Å²) < 4.78 is 44.9. The number of esters is 1. The summed E-state index contributed by atoms with van der Waals surface area (Å²) >= 11 is 0. The Balaban J connectivity index is 0.00000645. The highest BCUT2D eigenvalue weighted by Crippen LogP contribution is 2.42. The van der Waals surface area contributed by atoms with Crippen molar-refractivity contribution in [1.82, 2.24) is 14.7 Å². The number of nitrogens with zero attached hydrogens (tertiary/aromatic N) is 3. The Morgan fingerprint density at radius 3 is 1.95 bits per heavy atom. The van der Waals surface area contributed by atoms with Crippen molar-refractivity contribution >= 4 is 29.1 Å². The van der Waals surface area contributed by atoms with Crippen LogP contribution in [0.4, 0.5) is 0 Å². The Morgan fingerprint density at radius 1 is 0.837 bits per heavy atom. The molecule has 3 rings (SSSR count). The maximum atomic E-state index is 13.6. The Morgan fingerprint density at radius 2 is 1.42 bits per heavy atom. The fourth-order valence-corrected chi connectivity index (χ4v) is 4.59. The summed E-state index contributed by atoms with van der Waals surface area (Å²) in [6.07, 6.45) is 1.53. The number of likely N-dealkylation sites (N-methyl/N-ethyl adjacent to an activating group) is 1. The van der Waals surface area contributed by atoms with Gasteiger partial charge in [-0.3, -0.25) is 4.79 Å². The second-order valence-corrected chi connectivity index (χ2v) is 9.29. The van der Waals surface area contributed by atoms with E-state index in [1.807, 2.05) is 11.9 Å². The third-order valence-corrected chi connectivity index (χ3v) is 6.61. The molecule has 0 aliphatic rings. The maximum Gasteiger partial charge on any atom is 0.338 e. The lowest BCUT2D eigenvalue weighted by Crippen LogP contribution is -2.39. The highest BCUT2D eigenvalue weighted by atomic mass is 35.5. The van der Waals surface area contributed by atoms with E-state index in [1.165, 1.54) is 65.7 Å². The van der Waals surface area contributed by atoms with Crippen LogP contribution < -0.4 is 34.0 Å². The highest BCUT2D eigenvalue weighted by Gasteiger charge is 2.25. The van der Waals surface area contributed by atoms with Gasteiger partial charge in [0.15, 0.2) is 23.0 Å². The van der Waals surface area contributed by atoms with Crippen LogP contribution in [0.15, 0.2) is 29.2 Å². The lowest BCUT2D eigenvalue weighted by molar-refractivity contribution is 0.0158. The van der Waals surface area contributed by atoms with E-state index in [0.717, 1.165) is 6.42 Å². The Hall–Kier alpha value is -3.94. The molecule has 0 fully saturated rings. The largest absolute Gasteiger partial charge is 0.493 e. The summed E-state index contributed by atoms with van der Waals surface area (Å²) in [7, 11) is 12.4. The van der Waals surface area contributed by atoms with Gasteiger partial charge in [0.05, 0.1) is 71.7 Å². The van der Waals surface area contributed by atoms with Gasteiger partial charge in [-0.05, 0) is 31.7 Å². The van der Waals surface area contributed by atoms with Crippen molar-refractivity contribution in [1.29, 1.82) is 0 Å². The number of carbonyl (C=O) groups excluding carboxylic acids is 1. The van der Waals surface area contributed by atoms with Gasteiger partial charge in [-0.25, -0.2) is 9.48 Å². The van der Waals surface area contributed by atoms with Crippen LogP contribution in [-0.4, -0.2) is 103 Å². The lowest BCUT2D eigenvalue weighted by atomic mass is 10.1. The topological polar surface area (TPSA) is 129 Å². The van der Waals surface area contributed by atoms with Crippen molar-refractivity contribution < 1.29 is 42.7 Å². The SMILES string of the molecule is COCCCN(C)CC(Cn1ncc2c(OC)c(OC)c(OC)cc2c1=O)OC(=O)c1cc(OC)c(OC)c(OC)c1.Cl. The van der Waals surface area contributed by atoms with Gasteiger partial charge in [0.2, 0.25) is 11.5 Å². The van der Waals surface area contributed by atoms with Gasteiger partial charge >= 0.3 is 5.97 Å². The van der Waals surface area contributed by atoms with Crippen LogP contribution in [0.1, 0.15) is 16.8 Å². The Bertz CT molecular complexity index is 1410. The van der Waals surface area contributed by atoms with Gasteiger partial charge in [-0.1, -0.05) is 0 Å². The number of fused-ring (bicyclic) bond motifs is 1. The molecule has 0 spiro atoms. The molecule has 0 saturated carbocycles. The molecule has 0 aliphatic carbocycles. The molecule has 0 amide bonds. The molecule has 0 N–H and O–H groups in total. The van der Waals surface area contributed by atoms with E-state index in [1.54, 1.807) is 13.2 Å². The van der Waals surface area contributed by atoms with Crippen LogP contribution in [0, 0.1) is 0 Å². The normalized spacial score (nSPS) is 11.5. The van der Waals surface area contributed by atoms with Gasteiger partial charge in [0.25, 0.3) is 5.56 Å². The fraction of sp³-hybridized carbons (Fsp3) is 0.483. The smallest absolute Gasteiger partial charge is 0.338 e. The van der Waals surface area contributed by atoms with Gasteiger partial charge < -0.3 is 42.8 Å². The van der Waals surface area contributed by atoms with Crippen molar-refractivity contribution in [2.24, 2.45) is 0 Å². The minimum Gasteiger partial charge on any atom is -0.493 e. The van der Waals surface area contributed by atoms with Crippen molar-refractivity contribution in [2.45, 2.75) is 19.1 Å². The number of benzene rings is 2. The molecule has 1 heterocycles. The first kappa shape index (κ1) is 35.3. The molecule has 2 aromatic carbocycles. The van der Waals surface area contributed by atoms with Crippen LogP contribution in [0.25, 0.3) is 10.8 Å². The Labute approximate surface area is 256 Å². The van der Waals surface area contributed by atoms with E-state index >= 15 is 0 Å². The van der Waals surface area contributed by atoms with E-state index in [0.29, 0.717) is 65.0 Å². The zero-order valence-corrected chi connectivity index (χ0v) is 26.6. The third kappa shape index (κ3) is 8.12. The summed E-state index contributed by atoms with van der Waals surface area (Å²) in [5.74, 6) is 1.34. The molecule has 238 valence electrons. The molecule has 1 aromatic heterocycles. The number of hydrogen-bond acceptors (Lipinski definition) is 12. The van der Waals surface area contributed by atoms with E-state index in [4.69, 9.17) is 37.9 Å². The van der Waals surface area contributed by atoms with Crippen molar-refractivity contribution in [2.75, 3.05) is 76.5 Å². The number of ether oxygens (including phenoxy) is 8. The van der Waals surface area contributed by atoms with Crippen molar-refractivity contribution in [3.63, 3.8) is 0 Å². The molecular formula is C29H40ClN3O10. The third-order valence-electron chi connectivity index (χ3n) is 6.61. The van der Waals surface area contributed by atoms with Crippen LogP contribution >= 0.6 is 12.4 Å². The number of halogens is 1. The first-order valence-electron chi connectivity index (χ1n) is 13.1. The predicted molar refractivity (Wildman–Crippen MR) is 162 cm³/mol. The molecule has 0 bridgehead atoms. The summed E-state index contributed by atoms with van der Waals surface area (Å²) in [6, 6.07) is 4.59. The van der Waals surface area contributed by atoms with Gasteiger partial charge in [-0.2, -0.15) is 5.10 Å². The molecule has 14 heteroatoms. The van der Waals surface area contributed by atoms with Gasteiger partial charge in [-0.15, -0.1) is 12.4 Å². The summed E-state index contributed by atoms with van der Waals surface area (Å²) in [4.78, 5) is 29.0. The van der Waals surface area contributed by atoms with Crippen molar-refractivity contribution in [3.8, 4) is 34.5 Å². The number of hydrogen-bond donors (Lipinski definition) is 0. The first-order chi connectivity index (χ1) is 20.3. The predicted octanol–water partition coefficient (Wildman–Crippen LogP) is 3.06. The van der Waals surface area contributed by atoms with Gasteiger partial charge in [0, 0.05) is 26.8 Å². The number of methoxy groups -OCH3 is 7. The second kappa shape index (κ2) is 16.6. The molecule has 1 atom stereocenters. The summed E-state index contributed by atoms with van der Waals surface area (Å²) in [5, 5.41) is 5.13. The van der Waals surface area contributed by atoms with E-state index in [9.17, 15) is 9.59 Å². The average Bonchev–Trinajstić information content (AvgIpc) is 3.00. The van der Waals surface area contributed by atoms with Gasteiger partial charge in [0.1, 0.15) is 6.10 Å². The minimum atomic E-state index is -0.756. The summed E-state index contributed by atoms with van der Waals surface area (Å²) in [5.41, 5.74) is -0.223. The molecule has 3 aromatic rings. The quantitative estimate of drug-likeness (QED) is 0.171. The van der Waals surface area contributed by atoms with Crippen molar-refractivity contribution in [3.05, 3.63) is 40.3 Å². The summed E-state index contributed by atoms with van der Waals surface area (Å²) in [6.45, 7) is 1.57. The highest BCUT2D eigenvalue weighted by molar-refractivity contribution is 5.92. The monoisotopic (exact) mass is 625 g/mol. The molecule has 13 nitrogen and oxygen atoms in total. The maximum absolute atomic E-state index is 13.6. The van der Waals surface area contributed by atoms with Crippen LogP contribution in [0.3, 0.4) is 0 Å². The molecule has 0 radical (unpaired) electrons. The van der Waals surface area contributed by atoms with E-state index in [2.05, 4.69) is 5.10 Å². The number of carbonyl (C=O) groups is 1. The zero-order valence-electron chi connectivity index (χ0n) is 25.8. The standard InChI is InChI=1S/C29H39N3O10.ClH/c1-31(10-9-11-35-2)16-19(42-29(34)18-12-22(36-3)26(40-7)23(13-18)37-4)17-32-28(33)20-14-24(38-5)27(41-8)25(39-6)21(20)15-30-32;/h12-15,19H,9-11,16-17H2,1-8H3;1H. The van der Waals surface area contributed by atoms with E-state index in [-0.39, 0.29) is 24.5 Å². The number of aromatic nitrogens is 2.